The molecule has 0 spiro atoms. The minimum Gasteiger partial charge on any atom is -0.423 e. The third kappa shape index (κ3) is 2.58. The smallest absolute Gasteiger partial charge is 0.336 e. The van der Waals surface area contributed by atoms with Crippen LogP contribution in [-0.2, 0) is 6.54 Å². The van der Waals surface area contributed by atoms with E-state index >= 15 is 0 Å². The van der Waals surface area contributed by atoms with Gasteiger partial charge in [0.15, 0.2) is 0 Å². The third-order valence-electron chi connectivity index (χ3n) is 5.21. The zero-order valence-corrected chi connectivity index (χ0v) is 15.3. The van der Waals surface area contributed by atoms with Gasteiger partial charge in [0.05, 0.1) is 22.6 Å². The molecular weight excluding hydrogens is 388 g/mol. The molecular formula is C22H12N2O6. The van der Waals surface area contributed by atoms with Crippen LogP contribution >= 0.6 is 0 Å². The van der Waals surface area contributed by atoms with Crippen molar-refractivity contribution in [1.29, 1.82) is 0 Å². The molecule has 0 aliphatic carbocycles. The summed E-state index contributed by atoms with van der Waals surface area (Å²) in [7, 11) is 0. The SMILES string of the molecule is O=C1c2ccc([N+](=O)[O-])cc2C(=O)N1Cc1cc(=O)oc2ccc3ccccc3c12. The lowest BCUT2D eigenvalue weighted by Crippen LogP contribution is -2.29. The normalized spacial score (nSPS) is 13.3. The molecule has 2 amide bonds. The molecule has 0 unspecified atom stereocenters. The molecule has 0 atom stereocenters. The average Bonchev–Trinajstić information content (AvgIpc) is 2.97. The number of carbonyl (C=O) groups excluding carboxylic acids is 2. The summed E-state index contributed by atoms with van der Waals surface area (Å²) in [6.45, 7) is -0.156. The summed E-state index contributed by atoms with van der Waals surface area (Å²) in [6.07, 6.45) is 0. The van der Waals surface area contributed by atoms with Gasteiger partial charge in [-0.15, -0.1) is 0 Å². The molecule has 0 N–H and O–H groups in total. The highest BCUT2D eigenvalue weighted by Gasteiger charge is 2.37. The van der Waals surface area contributed by atoms with Crippen LogP contribution in [0.5, 0.6) is 0 Å². The number of nitro groups is 1. The van der Waals surface area contributed by atoms with Crippen molar-refractivity contribution in [3.05, 3.63) is 97.9 Å². The number of fused-ring (bicyclic) bond motifs is 4. The van der Waals surface area contributed by atoms with E-state index in [0.717, 1.165) is 21.7 Å². The Morgan fingerprint density at radius 2 is 1.67 bits per heavy atom. The van der Waals surface area contributed by atoms with Gasteiger partial charge in [0.2, 0.25) is 0 Å². The molecule has 8 heteroatoms. The minimum atomic E-state index is -0.639. The Kier molecular flexibility index (Phi) is 3.75. The van der Waals surface area contributed by atoms with Crippen LogP contribution in [-0.4, -0.2) is 21.6 Å². The number of nitrogens with zero attached hydrogens (tertiary/aromatic N) is 2. The number of hydrogen-bond donors (Lipinski definition) is 0. The van der Waals surface area contributed by atoms with E-state index in [9.17, 15) is 24.5 Å². The van der Waals surface area contributed by atoms with Crippen LogP contribution in [0.1, 0.15) is 26.3 Å². The monoisotopic (exact) mass is 400 g/mol. The van der Waals surface area contributed by atoms with Crippen molar-refractivity contribution in [2.45, 2.75) is 6.54 Å². The number of nitro benzene ring substituents is 1. The molecule has 1 aliphatic heterocycles. The van der Waals surface area contributed by atoms with Gasteiger partial charge < -0.3 is 4.42 Å². The number of rotatable bonds is 3. The van der Waals surface area contributed by atoms with E-state index in [4.69, 9.17) is 4.42 Å². The van der Waals surface area contributed by atoms with E-state index in [1.165, 1.54) is 18.2 Å². The second kappa shape index (κ2) is 6.35. The van der Waals surface area contributed by atoms with Crippen molar-refractivity contribution < 1.29 is 18.9 Å². The van der Waals surface area contributed by atoms with Crippen molar-refractivity contribution in [3.63, 3.8) is 0 Å². The Morgan fingerprint density at radius 1 is 0.900 bits per heavy atom. The quantitative estimate of drug-likeness (QED) is 0.171. The van der Waals surface area contributed by atoms with E-state index in [1.807, 2.05) is 30.3 Å². The van der Waals surface area contributed by atoms with Crippen LogP contribution in [0.2, 0.25) is 0 Å². The van der Waals surface area contributed by atoms with Crippen molar-refractivity contribution in [2.75, 3.05) is 0 Å². The predicted molar refractivity (Wildman–Crippen MR) is 107 cm³/mol. The first-order valence-corrected chi connectivity index (χ1v) is 9.03. The minimum absolute atomic E-state index is 0.0219. The summed E-state index contributed by atoms with van der Waals surface area (Å²) in [6, 6.07) is 15.8. The molecule has 30 heavy (non-hydrogen) atoms. The fourth-order valence-electron chi connectivity index (χ4n) is 3.85. The Hall–Kier alpha value is -4.33. The second-order valence-electron chi connectivity index (χ2n) is 6.93. The van der Waals surface area contributed by atoms with Crippen LogP contribution in [0.25, 0.3) is 21.7 Å². The predicted octanol–water partition coefficient (Wildman–Crippen LogP) is 3.65. The Morgan fingerprint density at radius 3 is 2.47 bits per heavy atom. The van der Waals surface area contributed by atoms with Crippen LogP contribution < -0.4 is 5.63 Å². The van der Waals surface area contributed by atoms with Crippen LogP contribution in [0.4, 0.5) is 5.69 Å². The largest absolute Gasteiger partial charge is 0.423 e. The van der Waals surface area contributed by atoms with Crippen LogP contribution in [0.3, 0.4) is 0 Å². The van der Waals surface area contributed by atoms with E-state index in [1.54, 1.807) is 6.07 Å². The maximum Gasteiger partial charge on any atom is 0.336 e. The summed E-state index contributed by atoms with van der Waals surface area (Å²) >= 11 is 0. The highest BCUT2D eigenvalue weighted by Crippen LogP contribution is 2.31. The fraction of sp³-hybridized carbons (Fsp3) is 0.0455. The molecule has 5 rings (SSSR count). The number of benzene rings is 3. The zero-order valence-electron chi connectivity index (χ0n) is 15.3. The van der Waals surface area contributed by atoms with E-state index in [-0.39, 0.29) is 23.4 Å². The highest BCUT2D eigenvalue weighted by molar-refractivity contribution is 6.21. The summed E-state index contributed by atoms with van der Waals surface area (Å²) in [5.74, 6) is -1.20. The number of carbonyl (C=O) groups is 2. The van der Waals surface area contributed by atoms with Gasteiger partial charge in [-0.25, -0.2) is 4.79 Å². The van der Waals surface area contributed by atoms with Gasteiger partial charge in [-0.1, -0.05) is 30.3 Å². The molecule has 0 saturated carbocycles. The van der Waals surface area contributed by atoms with Crippen LogP contribution in [0.15, 0.2) is 69.9 Å². The first kappa shape index (κ1) is 17.7. The third-order valence-corrected chi connectivity index (χ3v) is 5.21. The number of hydrogen-bond acceptors (Lipinski definition) is 6. The first-order chi connectivity index (χ1) is 14.4. The molecule has 3 aromatic carbocycles. The van der Waals surface area contributed by atoms with Gasteiger partial charge in [-0.05, 0) is 28.5 Å². The second-order valence-corrected chi connectivity index (χ2v) is 6.93. The molecule has 0 bridgehead atoms. The Labute approximate surface area is 168 Å². The highest BCUT2D eigenvalue weighted by atomic mass is 16.6. The van der Waals surface area contributed by atoms with E-state index < -0.39 is 22.4 Å². The number of imide groups is 1. The maximum atomic E-state index is 12.9. The molecule has 0 fully saturated rings. The van der Waals surface area contributed by atoms with Crippen molar-refractivity contribution in [3.8, 4) is 0 Å². The first-order valence-electron chi connectivity index (χ1n) is 9.03. The van der Waals surface area contributed by atoms with Gasteiger partial charge in [-0.2, -0.15) is 0 Å². The van der Waals surface area contributed by atoms with E-state index in [0.29, 0.717) is 16.5 Å². The molecule has 1 aliphatic rings. The summed E-state index contributed by atoms with van der Waals surface area (Å²) in [5, 5.41) is 13.4. The Balaban J connectivity index is 1.65. The Bertz CT molecular complexity index is 1470. The van der Waals surface area contributed by atoms with Gasteiger partial charge in [-0.3, -0.25) is 24.6 Å². The van der Waals surface area contributed by atoms with Gasteiger partial charge in [0.1, 0.15) is 5.58 Å². The topological polar surface area (TPSA) is 111 Å². The fourth-order valence-corrected chi connectivity index (χ4v) is 3.85. The van der Waals surface area contributed by atoms with Crippen molar-refractivity contribution in [2.24, 2.45) is 0 Å². The summed E-state index contributed by atoms with van der Waals surface area (Å²) < 4.78 is 5.31. The van der Waals surface area contributed by atoms with Gasteiger partial charge in [0, 0.05) is 23.6 Å². The average molecular weight is 400 g/mol. The lowest BCUT2D eigenvalue weighted by molar-refractivity contribution is -0.384. The van der Waals surface area contributed by atoms with Gasteiger partial charge >= 0.3 is 5.63 Å². The zero-order chi connectivity index (χ0) is 21.0. The molecule has 8 nitrogen and oxygen atoms in total. The standard InChI is InChI=1S/C22H12N2O6/c25-19-9-13(20-15-4-2-1-3-12(15)5-8-18(20)30-19)11-23-21(26)16-7-6-14(24(28)29)10-17(16)22(23)27/h1-10H,11H2. The number of amides is 2. The molecule has 0 radical (unpaired) electrons. The lowest BCUT2D eigenvalue weighted by Gasteiger charge is -2.16. The molecule has 1 aromatic heterocycles. The van der Waals surface area contributed by atoms with Gasteiger partial charge in [0.25, 0.3) is 17.5 Å². The van der Waals surface area contributed by atoms with Crippen molar-refractivity contribution >= 4 is 39.2 Å². The maximum absolute atomic E-state index is 12.9. The molecule has 146 valence electrons. The van der Waals surface area contributed by atoms with Crippen molar-refractivity contribution in [1.82, 2.24) is 4.90 Å². The molecule has 4 aromatic rings. The summed E-state index contributed by atoms with van der Waals surface area (Å²) in [5.41, 5.74) is 0.0214. The van der Waals surface area contributed by atoms with Crippen LogP contribution in [0, 0.1) is 10.1 Å². The lowest BCUT2D eigenvalue weighted by atomic mass is 10.0. The molecule has 2 heterocycles. The number of non-ortho nitro benzene ring substituents is 1. The summed E-state index contributed by atoms with van der Waals surface area (Å²) in [4.78, 5) is 49.1. The molecule has 0 saturated heterocycles. The van der Waals surface area contributed by atoms with E-state index in [2.05, 4.69) is 0 Å².